The van der Waals surface area contributed by atoms with Crippen molar-refractivity contribution in [1.29, 1.82) is 0 Å². The van der Waals surface area contributed by atoms with Gasteiger partial charge in [-0.15, -0.1) is 0 Å². The van der Waals surface area contributed by atoms with E-state index in [1.54, 1.807) is 12.4 Å². The average molecular weight is 450 g/mol. The molecule has 0 radical (unpaired) electrons. The number of aromatic nitrogens is 3. The first-order valence-corrected chi connectivity index (χ1v) is 11.4. The summed E-state index contributed by atoms with van der Waals surface area (Å²) < 4.78 is 1.92. The fourth-order valence-corrected chi connectivity index (χ4v) is 4.08. The van der Waals surface area contributed by atoms with Crippen LogP contribution in [0, 0.1) is 0 Å². The zero-order chi connectivity index (χ0) is 23.4. The van der Waals surface area contributed by atoms with Gasteiger partial charge in [0.05, 0.1) is 12.7 Å². The first-order chi connectivity index (χ1) is 15.9. The number of nitrogens with zero attached hydrogens (tertiary/aromatic N) is 5. The molecule has 3 aromatic rings. The van der Waals surface area contributed by atoms with Crippen molar-refractivity contribution in [3.05, 3.63) is 48.9 Å². The number of fused-ring (bicyclic) bond motifs is 1. The Balaban J connectivity index is 1.43. The van der Waals surface area contributed by atoms with Crippen molar-refractivity contribution in [1.82, 2.24) is 29.5 Å². The van der Waals surface area contributed by atoms with Crippen LogP contribution in [0.3, 0.4) is 0 Å². The van der Waals surface area contributed by atoms with Gasteiger partial charge in [0.2, 0.25) is 11.8 Å². The predicted octanol–water partition coefficient (Wildman–Crippen LogP) is 1.87. The summed E-state index contributed by atoms with van der Waals surface area (Å²) in [7, 11) is 0. The van der Waals surface area contributed by atoms with E-state index in [2.05, 4.69) is 20.5 Å². The lowest BCUT2D eigenvalue weighted by Crippen LogP contribution is -2.54. The molecule has 1 atom stereocenters. The van der Waals surface area contributed by atoms with Gasteiger partial charge in [0, 0.05) is 50.2 Å². The number of nitrogens with one attached hydrogen (secondary N) is 2. The first-order valence-electron chi connectivity index (χ1n) is 11.4. The van der Waals surface area contributed by atoms with Gasteiger partial charge in [0.1, 0.15) is 17.6 Å². The van der Waals surface area contributed by atoms with Crippen LogP contribution in [0.4, 0.5) is 5.82 Å². The molecule has 0 spiro atoms. The zero-order valence-corrected chi connectivity index (χ0v) is 19.4. The molecule has 9 nitrogen and oxygen atoms in total. The minimum atomic E-state index is -0.434. The van der Waals surface area contributed by atoms with Crippen molar-refractivity contribution in [2.45, 2.75) is 32.9 Å². The summed E-state index contributed by atoms with van der Waals surface area (Å²) in [6.45, 7) is 8.70. The smallest absolute Gasteiger partial charge is 0.244 e. The highest BCUT2D eigenvalue weighted by atomic mass is 16.2. The molecular formula is C24H31N7O2. The van der Waals surface area contributed by atoms with Crippen LogP contribution in [0.25, 0.3) is 16.9 Å². The monoisotopic (exact) mass is 449 g/mol. The van der Waals surface area contributed by atoms with Crippen molar-refractivity contribution in [3.63, 3.8) is 0 Å². The number of anilines is 1. The lowest BCUT2D eigenvalue weighted by Gasteiger charge is -2.35. The summed E-state index contributed by atoms with van der Waals surface area (Å²) in [4.78, 5) is 38.1. The van der Waals surface area contributed by atoms with Gasteiger partial charge < -0.3 is 15.5 Å². The number of amides is 2. The predicted molar refractivity (Wildman–Crippen MR) is 128 cm³/mol. The topological polar surface area (TPSA) is 94.9 Å². The molecule has 0 aliphatic carbocycles. The quantitative estimate of drug-likeness (QED) is 0.572. The van der Waals surface area contributed by atoms with Gasteiger partial charge >= 0.3 is 0 Å². The Morgan fingerprint density at radius 1 is 1.06 bits per heavy atom. The van der Waals surface area contributed by atoms with Crippen molar-refractivity contribution in [2.75, 3.05) is 38.0 Å². The minimum Gasteiger partial charge on any atom is -0.358 e. The van der Waals surface area contributed by atoms with Gasteiger partial charge in [-0.1, -0.05) is 30.3 Å². The van der Waals surface area contributed by atoms with Crippen LogP contribution in [0.1, 0.15) is 20.8 Å². The Bertz CT molecular complexity index is 1100. The highest BCUT2D eigenvalue weighted by molar-refractivity contribution is 5.86. The fourth-order valence-electron chi connectivity index (χ4n) is 4.08. The molecule has 2 aromatic heterocycles. The number of piperazine rings is 1. The van der Waals surface area contributed by atoms with E-state index in [1.165, 1.54) is 0 Å². The maximum atomic E-state index is 13.2. The van der Waals surface area contributed by atoms with Crippen LogP contribution in [0.5, 0.6) is 0 Å². The van der Waals surface area contributed by atoms with E-state index in [-0.39, 0.29) is 17.9 Å². The van der Waals surface area contributed by atoms with Crippen LogP contribution >= 0.6 is 0 Å². The average Bonchev–Trinajstić information content (AvgIpc) is 3.17. The molecular weight excluding hydrogens is 418 g/mol. The third kappa shape index (κ3) is 5.31. The molecule has 4 rings (SSSR count). The van der Waals surface area contributed by atoms with Crippen LogP contribution in [-0.2, 0) is 9.59 Å². The summed E-state index contributed by atoms with van der Waals surface area (Å²) in [5.41, 5.74) is 2.47. The lowest BCUT2D eigenvalue weighted by molar-refractivity contribution is -0.133. The van der Waals surface area contributed by atoms with Gasteiger partial charge in [0.15, 0.2) is 5.65 Å². The van der Waals surface area contributed by atoms with E-state index in [9.17, 15) is 9.59 Å². The number of imidazole rings is 1. The highest BCUT2D eigenvalue weighted by Crippen LogP contribution is 2.29. The van der Waals surface area contributed by atoms with E-state index >= 15 is 0 Å². The van der Waals surface area contributed by atoms with Gasteiger partial charge in [-0.3, -0.25) is 23.9 Å². The second kappa shape index (κ2) is 9.99. The van der Waals surface area contributed by atoms with Crippen molar-refractivity contribution in [2.24, 2.45) is 0 Å². The molecule has 1 aliphatic heterocycles. The minimum absolute atomic E-state index is 0.0235. The van der Waals surface area contributed by atoms with Crippen molar-refractivity contribution in [3.8, 4) is 11.3 Å². The fraction of sp³-hybridized carbons (Fsp3) is 0.417. The number of carbonyl (C=O) groups excluding carboxylic acids is 2. The molecule has 1 unspecified atom stereocenters. The Morgan fingerprint density at radius 2 is 1.79 bits per heavy atom. The third-order valence-electron chi connectivity index (χ3n) is 5.70. The Kier molecular flexibility index (Phi) is 6.88. The zero-order valence-electron chi connectivity index (χ0n) is 19.4. The van der Waals surface area contributed by atoms with E-state index in [0.29, 0.717) is 38.4 Å². The van der Waals surface area contributed by atoms with Crippen LogP contribution < -0.4 is 10.6 Å². The maximum absolute atomic E-state index is 13.2. The molecule has 1 aliphatic rings. The van der Waals surface area contributed by atoms with Crippen LogP contribution in [0.2, 0.25) is 0 Å². The second-order valence-electron chi connectivity index (χ2n) is 8.67. The van der Waals surface area contributed by atoms with Crippen molar-refractivity contribution >= 4 is 23.3 Å². The molecule has 9 heteroatoms. The van der Waals surface area contributed by atoms with E-state index in [4.69, 9.17) is 4.98 Å². The van der Waals surface area contributed by atoms with Gasteiger partial charge in [0.25, 0.3) is 0 Å². The molecule has 1 saturated heterocycles. The van der Waals surface area contributed by atoms with Crippen LogP contribution in [0.15, 0.2) is 48.9 Å². The number of hydrogen-bond acceptors (Lipinski definition) is 6. The van der Waals surface area contributed by atoms with Gasteiger partial charge in [-0.25, -0.2) is 4.98 Å². The third-order valence-corrected chi connectivity index (χ3v) is 5.70. The number of benzene rings is 1. The summed E-state index contributed by atoms with van der Waals surface area (Å²) in [6, 6.07) is 9.60. The Labute approximate surface area is 193 Å². The molecule has 1 aromatic carbocycles. The summed E-state index contributed by atoms with van der Waals surface area (Å²) >= 11 is 0. The standard InChI is InChI=1S/C24H31N7O2/c1-17(2)26-21(32)16-29-11-13-30(14-12-29)24(33)18(3)27-23-22(19-7-5-4-6-8-19)28-20-15-25-9-10-31(20)23/h4-10,15,17-18,27H,11-14,16H2,1-3H3,(H,26,32). The molecule has 0 saturated carbocycles. The molecule has 1 fully saturated rings. The Hall–Kier alpha value is -3.46. The summed E-state index contributed by atoms with van der Waals surface area (Å²) in [5.74, 6) is 0.822. The first kappa shape index (κ1) is 22.7. The number of hydrogen-bond donors (Lipinski definition) is 2. The SMILES string of the molecule is CC(C)NC(=O)CN1CCN(C(=O)C(C)Nc2c(-c3ccccc3)nc3cnccn23)CC1. The molecule has 174 valence electrons. The molecule has 3 heterocycles. The van der Waals surface area contributed by atoms with E-state index < -0.39 is 6.04 Å². The maximum Gasteiger partial charge on any atom is 0.244 e. The molecule has 0 bridgehead atoms. The molecule has 2 N–H and O–H groups in total. The molecule has 33 heavy (non-hydrogen) atoms. The van der Waals surface area contributed by atoms with Gasteiger partial charge in [-0.2, -0.15) is 0 Å². The molecule has 2 amide bonds. The summed E-state index contributed by atoms with van der Waals surface area (Å²) in [6.07, 6.45) is 5.25. The van der Waals surface area contributed by atoms with E-state index in [0.717, 1.165) is 17.1 Å². The Morgan fingerprint density at radius 3 is 2.48 bits per heavy atom. The normalized spacial score (nSPS) is 15.6. The van der Waals surface area contributed by atoms with Gasteiger partial charge in [-0.05, 0) is 20.8 Å². The van der Waals surface area contributed by atoms with Crippen molar-refractivity contribution < 1.29 is 9.59 Å². The van der Waals surface area contributed by atoms with E-state index in [1.807, 2.05) is 66.6 Å². The number of rotatable bonds is 7. The largest absolute Gasteiger partial charge is 0.358 e. The second-order valence-corrected chi connectivity index (χ2v) is 8.67. The summed E-state index contributed by atoms with van der Waals surface area (Å²) in [5, 5.41) is 6.31. The lowest BCUT2D eigenvalue weighted by atomic mass is 10.1. The number of carbonyl (C=O) groups is 2. The highest BCUT2D eigenvalue weighted by Gasteiger charge is 2.27. The van der Waals surface area contributed by atoms with Crippen LogP contribution in [-0.4, -0.2) is 80.8 Å².